The predicted molar refractivity (Wildman–Crippen MR) is 172 cm³/mol. The molecule has 0 radical (unpaired) electrons. The molecular formula is C36H22N2S2. The van der Waals surface area contributed by atoms with Gasteiger partial charge in [-0.3, -0.25) is 9.97 Å². The molecule has 0 N–H and O–H groups in total. The number of aromatic nitrogens is 2. The molecule has 0 saturated heterocycles. The van der Waals surface area contributed by atoms with E-state index in [0.717, 1.165) is 0 Å². The highest BCUT2D eigenvalue weighted by molar-refractivity contribution is 7.13. The van der Waals surface area contributed by atoms with E-state index in [4.69, 9.17) is 0 Å². The van der Waals surface area contributed by atoms with Gasteiger partial charge in [0.05, 0.1) is 20.8 Å². The zero-order chi connectivity index (χ0) is 26.5. The van der Waals surface area contributed by atoms with E-state index in [9.17, 15) is 0 Å². The molecular weight excluding hydrogens is 525 g/mol. The van der Waals surface area contributed by atoms with Crippen LogP contribution in [0.15, 0.2) is 133 Å². The number of rotatable bonds is 4. The van der Waals surface area contributed by atoms with Crippen LogP contribution in [-0.2, 0) is 0 Å². The molecule has 4 heteroatoms. The molecule has 8 aromatic rings. The van der Waals surface area contributed by atoms with E-state index < -0.39 is 0 Å². The number of benzene rings is 6. The summed E-state index contributed by atoms with van der Waals surface area (Å²) < 4.78 is 0. The van der Waals surface area contributed by atoms with E-state index in [2.05, 4.69) is 119 Å². The Labute approximate surface area is 239 Å². The first-order valence-electron chi connectivity index (χ1n) is 13.2. The van der Waals surface area contributed by atoms with Crippen molar-refractivity contribution in [2.45, 2.75) is 0 Å². The molecule has 0 aliphatic heterocycles. The lowest BCUT2D eigenvalue weighted by atomic mass is 9.90. The molecule has 0 atom stereocenters. The average Bonchev–Trinajstić information content (AvgIpc) is 3.77. The van der Waals surface area contributed by atoms with Crippen LogP contribution in [0.2, 0.25) is 0 Å². The maximum absolute atomic E-state index is 4.22. The summed E-state index contributed by atoms with van der Waals surface area (Å²) >= 11 is 3.34. The third kappa shape index (κ3) is 3.92. The van der Waals surface area contributed by atoms with Crippen molar-refractivity contribution in [3.05, 3.63) is 133 Å². The Hall–Kier alpha value is -4.64. The topological polar surface area (TPSA) is 25.8 Å². The van der Waals surface area contributed by atoms with Crippen LogP contribution in [0, 0.1) is 0 Å². The molecule has 0 unspecified atom stereocenters. The van der Waals surface area contributed by atoms with Crippen LogP contribution in [0.1, 0.15) is 0 Å². The molecule has 0 amide bonds. The van der Waals surface area contributed by atoms with E-state index in [1.807, 2.05) is 23.4 Å². The first kappa shape index (κ1) is 23.3. The number of thiazole rings is 2. The monoisotopic (exact) mass is 546 g/mol. The van der Waals surface area contributed by atoms with Gasteiger partial charge in [-0.25, -0.2) is 0 Å². The van der Waals surface area contributed by atoms with Crippen molar-refractivity contribution < 1.29 is 0 Å². The van der Waals surface area contributed by atoms with Crippen LogP contribution < -0.4 is 0 Å². The highest BCUT2D eigenvalue weighted by Gasteiger charge is 2.12. The van der Waals surface area contributed by atoms with Crippen molar-refractivity contribution in [2.24, 2.45) is 0 Å². The lowest BCUT2D eigenvalue weighted by Crippen LogP contribution is -1.87. The molecule has 0 fully saturated rings. The number of nitrogens with zero attached hydrogens (tertiary/aromatic N) is 2. The summed E-state index contributed by atoms with van der Waals surface area (Å²) in [6.07, 6.45) is 3.85. The van der Waals surface area contributed by atoms with Gasteiger partial charge in [-0.2, -0.15) is 0 Å². The SMILES string of the molecule is c1ccc2c(c1)c1cc(-c3ccc(-c4cncs4)cc3)ccc1c1ccc(-c3ccc(-c4cncs4)cc3)cc21. The minimum atomic E-state index is 1.19. The van der Waals surface area contributed by atoms with Gasteiger partial charge in [-0.1, -0.05) is 97.1 Å². The summed E-state index contributed by atoms with van der Waals surface area (Å²) in [7, 11) is 0. The molecule has 40 heavy (non-hydrogen) atoms. The molecule has 6 aromatic carbocycles. The van der Waals surface area contributed by atoms with Gasteiger partial charge < -0.3 is 0 Å². The van der Waals surface area contributed by atoms with Crippen LogP contribution in [0.5, 0.6) is 0 Å². The zero-order valence-electron chi connectivity index (χ0n) is 21.4. The summed E-state index contributed by atoms with van der Waals surface area (Å²) in [4.78, 5) is 10.8. The third-order valence-corrected chi connectivity index (χ3v) is 9.35. The minimum Gasteiger partial charge on any atom is -0.252 e. The standard InChI is InChI=1S/C36H22N2S2/c1-2-4-30-29(3-1)33-17-27(23-5-9-25(10-6-23)35-19-37-21-39-35)13-15-31(33)32-16-14-28(18-34(30)32)24-7-11-26(12-8-24)36-20-38-22-40-36/h1-22H. The summed E-state index contributed by atoms with van der Waals surface area (Å²) in [5.74, 6) is 0. The fraction of sp³-hybridized carbons (Fsp3) is 0. The van der Waals surface area contributed by atoms with Gasteiger partial charge in [0.2, 0.25) is 0 Å². The van der Waals surface area contributed by atoms with Crippen LogP contribution in [0.3, 0.4) is 0 Å². The van der Waals surface area contributed by atoms with E-state index in [1.54, 1.807) is 22.7 Å². The van der Waals surface area contributed by atoms with Gasteiger partial charge >= 0.3 is 0 Å². The van der Waals surface area contributed by atoms with Crippen molar-refractivity contribution in [1.29, 1.82) is 0 Å². The fourth-order valence-corrected chi connectivity index (χ4v) is 6.94. The molecule has 0 saturated carbocycles. The Balaban J connectivity index is 1.25. The third-order valence-electron chi connectivity index (χ3n) is 7.71. The van der Waals surface area contributed by atoms with Crippen molar-refractivity contribution in [1.82, 2.24) is 9.97 Å². The summed E-state index contributed by atoms with van der Waals surface area (Å²) in [5.41, 5.74) is 11.1. The molecule has 0 aliphatic carbocycles. The lowest BCUT2D eigenvalue weighted by molar-refractivity contribution is 1.42. The Morgan fingerprint density at radius 3 is 1.12 bits per heavy atom. The molecule has 2 heterocycles. The van der Waals surface area contributed by atoms with Gasteiger partial charge in [0.25, 0.3) is 0 Å². The summed E-state index contributed by atoms with van der Waals surface area (Å²) in [6, 6.07) is 40.2. The molecule has 188 valence electrons. The Bertz CT molecular complexity index is 1950. The lowest BCUT2D eigenvalue weighted by Gasteiger charge is -2.14. The summed E-state index contributed by atoms with van der Waals surface area (Å²) in [5, 5.41) is 7.70. The predicted octanol–water partition coefficient (Wildman–Crippen LogP) is 10.7. The smallest absolute Gasteiger partial charge is 0.0797 e. The quantitative estimate of drug-likeness (QED) is 0.205. The van der Waals surface area contributed by atoms with Crippen molar-refractivity contribution in [3.8, 4) is 43.1 Å². The van der Waals surface area contributed by atoms with E-state index in [1.165, 1.54) is 75.5 Å². The first-order chi connectivity index (χ1) is 19.8. The van der Waals surface area contributed by atoms with E-state index in [-0.39, 0.29) is 0 Å². The summed E-state index contributed by atoms with van der Waals surface area (Å²) in [6.45, 7) is 0. The Morgan fingerprint density at radius 2 is 0.725 bits per heavy atom. The fourth-order valence-electron chi connectivity index (χ4n) is 5.69. The average molecular weight is 547 g/mol. The van der Waals surface area contributed by atoms with Crippen molar-refractivity contribution >= 4 is 55.0 Å². The molecule has 8 rings (SSSR count). The second-order valence-corrected chi connectivity index (χ2v) is 11.7. The van der Waals surface area contributed by atoms with Gasteiger partial charge in [0.15, 0.2) is 0 Å². The molecule has 2 aromatic heterocycles. The first-order valence-corrected chi connectivity index (χ1v) is 14.9. The molecule has 0 bridgehead atoms. The van der Waals surface area contributed by atoms with Crippen molar-refractivity contribution in [2.75, 3.05) is 0 Å². The minimum absolute atomic E-state index is 1.19. The largest absolute Gasteiger partial charge is 0.252 e. The van der Waals surface area contributed by atoms with E-state index >= 15 is 0 Å². The molecule has 0 aliphatic rings. The maximum Gasteiger partial charge on any atom is 0.0797 e. The number of fused-ring (bicyclic) bond motifs is 6. The highest BCUT2D eigenvalue weighted by Crippen LogP contribution is 2.39. The zero-order valence-corrected chi connectivity index (χ0v) is 23.0. The maximum atomic E-state index is 4.22. The van der Waals surface area contributed by atoms with Crippen LogP contribution in [0.4, 0.5) is 0 Å². The van der Waals surface area contributed by atoms with Crippen LogP contribution in [0.25, 0.3) is 75.5 Å². The second-order valence-electron chi connectivity index (χ2n) is 9.95. The molecule has 2 nitrogen and oxygen atoms in total. The number of hydrogen-bond donors (Lipinski definition) is 0. The normalized spacial score (nSPS) is 11.5. The van der Waals surface area contributed by atoms with Crippen LogP contribution >= 0.6 is 22.7 Å². The Kier molecular flexibility index (Phi) is 5.54. The second kappa shape index (κ2) is 9.53. The van der Waals surface area contributed by atoms with Gasteiger partial charge in [-0.15, -0.1) is 22.7 Å². The Morgan fingerprint density at radius 1 is 0.350 bits per heavy atom. The van der Waals surface area contributed by atoms with E-state index in [0.29, 0.717) is 0 Å². The molecule has 0 spiro atoms. The van der Waals surface area contributed by atoms with Gasteiger partial charge in [0.1, 0.15) is 0 Å². The van der Waals surface area contributed by atoms with Gasteiger partial charge in [-0.05, 0) is 77.8 Å². The highest BCUT2D eigenvalue weighted by atomic mass is 32.1. The van der Waals surface area contributed by atoms with Crippen LogP contribution in [-0.4, -0.2) is 9.97 Å². The van der Waals surface area contributed by atoms with Crippen molar-refractivity contribution in [3.63, 3.8) is 0 Å². The van der Waals surface area contributed by atoms with Gasteiger partial charge in [0, 0.05) is 12.4 Å². The number of hydrogen-bond acceptors (Lipinski definition) is 4.